The van der Waals surface area contributed by atoms with Gasteiger partial charge in [-0.3, -0.25) is 9.59 Å². The molecule has 0 aliphatic carbocycles. The van der Waals surface area contributed by atoms with E-state index in [2.05, 4.69) is 16.0 Å². The third-order valence-corrected chi connectivity index (χ3v) is 7.85. The molecule has 2 aromatic rings. The number of carbonyl (C=O) groups is 2. The maximum absolute atomic E-state index is 13.0. The van der Waals surface area contributed by atoms with E-state index in [1.54, 1.807) is 12.1 Å². The van der Waals surface area contributed by atoms with Crippen LogP contribution in [0, 0.1) is 13.8 Å². The number of piperidine rings is 1. The molecule has 0 spiro atoms. The summed E-state index contributed by atoms with van der Waals surface area (Å²) in [5.74, 6) is -0.342. The number of amides is 2. The third-order valence-electron chi connectivity index (χ3n) is 5.96. The highest BCUT2D eigenvalue weighted by atomic mass is 32.2. The Morgan fingerprint density at radius 3 is 2.29 bits per heavy atom. The van der Waals surface area contributed by atoms with E-state index in [1.165, 1.54) is 10.4 Å². The largest absolute Gasteiger partial charge is 0.376 e. The maximum atomic E-state index is 13.0. The number of hydrogen-bond donors (Lipinski definition) is 3. The molecule has 0 atom stereocenters. The predicted molar refractivity (Wildman–Crippen MR) is 136 cm³/mol. The summed E-state index contributed by atoms with van der Waals surface area (Å²) in [6.07, 6.45) is 3.99. The van der Waals surface area contributed by atoms with Gasteiger partial charge in [0.25, 0.3) is 0 Å². The van der Waals surface area contributed by atoms with Crippen molar-refractivity contribution in [3.05, 3.63) is 47.5 Å². The van der Waals surface area contributed by atoms with Crippen LogP contribution in [0.5, 0.6) is 0 Å². The first-order valence-corrected chi connectivity index (χ1v) is 13.2. The minimum absolute atomic E-state index is 0.00422. The molecule has 1 saturated heterocycles. The Morgan fingerprint density at radius 2 is 1.59 bits per heavy atom. The monoisotopic (exact) mass is 486 g/mol. The average Bonchev–Trinajstić information content (AvgIpc) is 2.81. The van der Waals surface area contributed by atoms with Gasteiger partial charge in [0, 0.05) is 36.6 Å². The zero-order valence-corrected chi connectivity index (χ0v) is 20.9. The molecule has 0 radical (unpaired) electrons. The van der Waals surface area contributed by atoms with Gasteiger partial charge in [-0.1, -0.05) is 25.5 Å². The van der Waals surface area contributed by atoms with Crippen LogP contribution in [-0.4, -0.2) is 44.2 Å². The fourth-order valence-corrected chi connectivity index (χ4v) is 5.47. The molecule has 184 valence electrons. The smallest absolute Gasteiger partial charge is 0.243 e. The highest BCUT2D eigenvalue weighted by Crippen LogP contribution is 2.26. The zero-order chi connectivity index (χ0) is 24.7. The Balaban J connectivity index is 1.66. The summed E-state index contributed by atoms with van der Waals surface area (Å²) in [6, 6.07) is 10.3. The van der Waals surface area contributed by atoms with Crippen LogP contribution in [0.3, 0.4) is 0 Å². The van der Waals surface area contributed by atoms with Gasteiger partial charge in [0.2, 0.25) is 21.8 Å². The van der Waals surface area contributed by atoms with Crippen molar-refractivity contribution < 1.29 is 18.0 Å². The van der Waals surface area contributed by atoms with E-state index in [4.69, 9.17) is 0 Å². The van der Waals surface area contributed by atoms with Crippen molar-refractivity contribution in [1.29, 1.82) is 0 Å². The van der Waals surface area contributed by atoms with Crippen LogP contribution in [0.2, 0.25) is 0 Å². The molecule has 3 N–H and O–H groups in total. The highest BCUT2D eigenvalue weighted by Gasteiger charge is 2.26. The normalized spacial score (nSPS) is 14.4. The van der Waals surface area contributed by atoms with Crippen molar-refractivity contribution in [3.8, 4) is 0 Å². The number of rotatable bonds is 9. The number of anilines is 3. The Morgan fingerprint density at radius 1 is 0.912 bits per heavy atom. The van der Waals surface area contributed by atoms with Gasteiger partial charge in [-0.15, -0.1) is 0 Å². The molecule has 1 aliphatic rings. The average molecular weight is 487 g/mol. The molecule has 3 rings (SSSR count). The van der Waals surface area contributed by atoms with Crippen LogP contribution in [0.4, 0.5) is 17.1 Å². The SMILES string of the molecule is CCCC(=O)Nc1cccc(NCC(=O)Nc2cc(S(=O)(=O)N3CCCCC3)ccc2C)c1C. The van der Waals surface area contributed by atoms with Gasteiger partial charge in [-0.05, 0) is 68.5 Å². The first-order valence-electron chi connectivity index (χ1n) is 11.8. The van der Waals surface area contributed by atoms with Crippen LogP contribution < -0.4 is 16.0 Å². The second-order valence-electron chi connectivity index (χ2n) is 8.62. The van der Waals surface area contributed by atoms with Crippen molar-refractivity contribution in [3.63, 3.8) is 0 Å². The van der Waals surface area contributed by atoms with Crippen LogP contribution in [-0.2, 0) is 19.6 Å². The molecular formula is C25H34N4O4S. The third kappa shape index (κ3) is 6.36. The lowest BCUT2D eigenvalue weighted by atomic mass is 10.1. The van der Waals surface area contributed by atoms with E-state index in [1.807, 2.05) is 39.0 Å². The lowest BCUT2D eigenvalue weighted by Gasteiger charge is -2.26. The molecule has 2 amide bonds. The number of carbonyl (C=O) groups excluding carboxylic acids is 2. The van der Waals surface area contributed by atoms with Crippen molar-refractivity contribution >= 4 is 38.9 Å². The molecule has 0 unspecified atom stereocenters. The van der Waals surface area contributed by atoms with Crippen LogP contribution in [0.1, 0.15) is 50.2 Å². The highest BCUT2D eigenvalue weighted by molar-refractivity contribution is 7.89. The molecule has 1 fully saturated rings. The predicted octanol–water partition coefficient (Wildman–Crippen LogP) is 4.27. The molecule has 1 heterocycles. The minimum Gasteiger partial charge on any atom is -0.376 e. The summed E-state index contributed by atoms with van der Waals surface area (Å²) >= 11 is 0. The fourth-order valence-electron chi connectivity index (χ4n) is 3.92. The number of nitrogens with one attached hydrogen (secondary N) is 3. The molecular weight excluding hydrogens is 452 g/mol. The van der Waals surface area contributed by atoms with Gasteiger partial charge in [-0.25, -0.2) is 8.42 Å². The Hall–Kier alpha value is -2.91. The topological polar surface area (TPSA) is 108 Å². The first kappa shape index (κ1) is 25.7. The van der Waals surface area contributed by atoms with Crippen molar-refractivity contribution in [2.75, 3.05) is 35.6 Å². The molecule has 8 nitrogen and oxygen atoms in total. The minimum atomic E-state index is -3.59. The van der Waals surface area contributed by atoms with Gasteiger partial charge in [0.15, 0.2) is 0 Å². The fraction of sp³-hybridized carbons (Fsp3) is 0.440. The van der Waals surface area contributed by atoms with Crippen molar-refractivity contribution in [1.82, 2.24) is 4.31 Å². The van der Waals surface area contributed by atoms with E-state index < -0.39 is 10.0 Å². The number of benzene rings is 2. The molecule has 34 heavy (non-hydrogen) atoms. The second-order valence-corrected chi connectivity index (χ2v) is 10.6. The van der Waals surface area contributed by atoms with Crippen LogP contribution in [0.15, 0.2) is 41.3 Å². The molecule has 2 aromatic carbocycles. The van der Waals surface area contributed by atoms with Gasteiger partial charge in [0.05, 0.1) is 11.4 Å². The molecule has 9 heteroatoms. The number of aryl methyl sites for hydroxylation is 1. The van der Waals surface area contributed by atoms with E-state index in [-0.39, 0.29) is 23.3 Å². The van der Waals surface area contributed by atoms with E-state index >= 15 is 0 Å². The summed E-state index contributed by atoms with van der Waals surface area (Å²) in [5.41, 5.74) is 3.54. The maximum Gasteiger partial charge on any atom is 0.243 e. The number of sulfonamides is 1. The lowest BCUT2D eigenvalue weighted by Crippen LogP contribution is -2.35. The zero-order valence-electron chi connectivity index (χ0n) is 20.1. The molecule has 1 aliphatic heterocycles. The molecule has 0 saturated carbocycles. The second kappa shape index (κ2) is 11.5. The van der Waals surface area contributed by atoms with E-state index in [9.17, 15) is 18.0 Å². The quantitative estimate of drug-likeness (QED) is 0.491. The number of nitrogens with zero attached hydrogens (tertiary/aromatic N) is 1. The Bertz CT molecular complexity index is 1140. The summed E-state index contributed by atoms with van der Waals surface area (Å²) in [7, 11) is -3.59. The Labute approximate surface area is 202 Å². The summed E-state index contributed by atoms with van der Waals surface area (Å²) in [4.78, 5) is 24.8. The summed E-state index contributed by atoms with van der Waals surface area (Å²) in [5, 5.41) is 8.82. The lowest BCUT2D eigenvalue weighted by molar-refractivity contribution is -0.116. The molecule has 0 aromatic heterocycles. The van der Waals surface area contributed by atoms with Gasteiger partial charge < -0.3 is 16.0 Å². The summed E-state index contributed by atoms with van der Waals surface area (Å²) < 4.78 is 27.5. The van der Waals surface area contributed by atoms with E-state index in [0.717, 1.165) is 42.5 Å². The first-order chi connectivity index (χ1) is 16.2. The van der Waals surface area contributed by atoms with Gasteiger partial charge in [-0.2, -0.15) is 4.31 Å². The van der Waals surface area contributed by atoms with E-state index in [0.29, 0.717) is 30.9 Å². The van der Waals surface area contributed by atoms with Crippen LogP contribution >= 0.6 is 0 Å². The van der Waals surface area contributed by atoms with Crippen molar-refractivity contribution in [2.45, 2.75) is 57.8 Å². The standard InChI is InChI=1S/C25H34N4O4S/c1-4-9-24(30)27-22-11-8-10-21(19(22)3)26-17-25(31)28-23-16-20(13-12-18(23)2)34(32,33)29-14-6-5-7-15-29/h8,10-13,16,26H,4-7,9,14-15,17H2,1-3H3,(H,27,30)(H,28,31). The number of hydrogen-bond acceptors (Lipinski definition) is 5. The summed E-state index contributed by atoms with van der Waals surface area (Å²) in [6.45, 7) is 6.70. The Kier molecular flexibility index (Phi) is 8.68. The van der Waals surface area contributed by atoms with Gasteiger partial charge in [0.1, 0.15) is 0 Å². The van der Waals surface area contributed by atoms with Gasteiger partial charge >= 0.3 is 0 Å². The van der Waals surface area contributed by atoms with Crippen molar-refractivity contribution in [2.24, 2.45) is 0 Å². The van der Waals surface area contributed by atoms with Crippen LogP contribution in [0.25, 0.3) is 0 Å². The molecule has 0 bridgehead atoms.